The third kappa shape index (κ3) is 5.76. The zero-order valence-electron chi connectivity index (χ0n) is 15.3. The molecule has 1 N–H and O–H groups in total. The molecule has 0 aliphatic heterocycles. The van der Waals surface area contributed by atoms with Crippen LogP contribution in [0.2, 0.25) is 5.02 Å². The van der Waals surface area contributed by atoms with Crippen molar-refractivity contribution in [2.24, 2.45) is 0 Å². The molecular weight excluding hydrogens is 334 g/mol. The van der Waals surface area contributed by atoms with E-state index in [0.717, 1.165) is 24.3 Å². The third-order valence-corrected chi connectivity index (χ3v) is 4.38. The van der Waals surface area contributed by atoms with Gasteiger partial charge in [0.25, 0.3) is 0 Å². The Morgan fingerprint density at radius 2 is 1.80 bits per heavy atom. The molecule has 0 spiro atoms. The van der Waals surface area contributed by atoms with Gasteiger partial charge in [-0.2, -0.15) is 0 Å². The van der Waals surface area contributed by atoms with Gasteiger partial charge in [-0.1, -0.05) is 36.7 Å². The van der Waals surface area contributed by atoms with E-state index in [9.17, 15) is 4.79 Å². The second kappa shape index (κ2) is 8.88. The van der Waals surface area contributed by atoms with Crippen LogP contribution in [0.1, 0.15) is 18.1 Å². The Bertz CT molecular complexity index is 713. The molecule has 2 rings (SSSR count). The Morgan fingerprint density at radius 3 is 2.40 bits per heavy atom. The summed E-state index contributed by atoms with van der Waals surface area (Å²) < 4.78 is 0. The van der Waals surface area contributed by atoms with Gasteiger partial charge in [0.15, 0.2) is 0 Å². The number of carbonyl (C=O) groups excluding carboxylic acids is 1. The molecule has 0 aliphatic rings. The molecule has 0 fully saturated rings. The molecule has 4 nitrogen and oxygen atoms in total. The number of nitrogens with zero attached hydrogens (tertiary/aromatic N) is 2. The van der Waals surface area contributed by atoms with Crippen LogP contribution in [0.5, 0.6) is 0 Å². The second-order valence-electron chi connectivity index (χ2n) is 6.37. The highest BCUT2D eigenvalue weighted by Crippen LogP contribution is 2.20. The molecule has 25 heavy (non-hydrogen) atoms. The summed E-state index contributed by atoms with van der Waals surface area (Å²) in [4.78, 5) is 16.6. The Balaban J connectivity index is 1.96. The molecular formula is C20H26ClN3O. The van der Waals surface area contributed by atoms with E-state index < -0.39 is 0 Å². The number of likely N-dealkylation sites (N-methyl/N-ethyl adjacent to an activating group) is 1. The minimum atomic E-state index is -0.0304. The molecule has 134 valence electrons. The first-order valence-corrected chi connectivity index (χ1v) is 8.81. The van der Waals surface area contributed by atoms with Gasteiger partial charge >= 0.3 is 0 Å². The van der Waals surface area contributed by atoms with Crippen LogP contribution >= 0.6 is 11.6 Å². The Kier molecular flexibility index (Phi) is 6.85. The van der Waals surface area contributed by atoms with Gasteiger partial charge in [0.1, 0.15) is 0 Å². The Labute approximate surface area is 155 Å². The van der Waals surface area contributed by atoms with Crippen LogP contribution in [0.3, 0.4) is 0 Å². The molecule has 0 bridgehead atoms. The fraction of sp³-hybridized carbons (Fsp3) is 0.350. The van der Waals surface area contributed by atoms with Crippen molar-refractivity contribution in [1.29, 1.82) is 0 Å². The lowest BCUT2D eigenvalue weighted by molar-refractivity contribution is -0.117. The highest BCUT2D eigenvalue weighted by molar-refractivity contribution is 6.31. The summed E-state index contributed by atoms with van der Waals surface area (Å²) in [5.74, 6) is -0.0304. The largest absolute Gasteiger partial charge is 0.378 e. The lowest BCUT2D eigenvalue weighted by Gasteiger charge is -2.21. The van der Waals surface area contributed by atoms with Gasteiger partial charge in [0, 0.05) is 37.0 Å². The van der Waals surface area contributed by atoms with E-state index in [1.165, 1.54) is 11.3 Å². The molecule has 2 aromatic rings. The first kappa shape index (κ1) is 19.3. The summed E-state index contributed by atoms with van der Waals surface area (Å²) in [6.07, 6.45) is 0. The zero-order valence-corrected chi connectivity index (χ0v) is 16.1. The van der Waals surface area contributed by atoms with Crippen LogP contribution in [0.4, 0.5) is 11.4 Å². The number of benzene rings is 2. The molecule has 2 aromatic carbocycles. The van der Waals surface area contributed by atoms with Gasteiger partial charge in [-0.3, -0.25) is 9.69 Å². The van der Waals surface area contributed by atoms with E-state index in [1.807, 2.05) is 33.2 Å². The fourth-order valence-electron chi connectivity index (χ4n) is 2.56. The molecule has 0 unspecified atom stereocenters. The summed E-state index contributed by atoms with van der Waals surface area (Å²) in [5, 5.41) is 3.57. The number of nitrogens with one attached hydrogen (secondary N) is 1. The highest BCUT2D eigenvalue weighted by Gasteiger charge is 2.11. The molecule has 0 saturated heterocycles. The van der Waals surface area contributed by atoms with E-state index in [1.54, 1.807) is 6.07 Å². The van der Waals surface area contributed by atoms with E-state index in [0.29, 0.717) is 11.6 Å². The average Bonchev–Trinajstić information content (AvgIpc) is 2.58. The number of carbonyl (C=O) groups is 1. The summed E-state index contributed by atoms with van der Waals surface area (Å²) in [6, 6.07) is 13.9. The van der Waals surface area contributed by atoms with Gasteiger partial charge in [0.2, 0.25) is 5.91 Å². The molecule has 0 aliphatic carbocycles. The molecule has 0 saturated carbocycles. The third-order valence-electron chi connectivity index (χ3n) is 4.15. The number of rotatable bonds is 7. The SMILES string of the molecule is CCN(CC(=O)Nc1cc(Cl)ccc1C)Cc1ccc(N(C)C)cc1. The monoisotopic (exact) mass is 359 g/mol. The van der Waals surface area contributed by atoms with Gasteiger partial charge in [-0.15, -0.1) is 0 Å². The van der Waals surface area contributed by atoms with Crippen LogP contribution in [0.25, 0.3) is 0 Å². The summed E-state index contributed by atoms with van der Waals surface area (Å²) in [7, 11) is 4.05. The lowest BCUT2D eigenvalue weighted by Crippen LogP contribution is -2.32. The van der Waals surface area contributed by atoms with Crippen molar-refractivity contribution < 1.29 is 4.79 Å². The van der Waals surface area contributed by atoms with Crippen molar-refractivity contribution in [1.82, 2.24) is 4.90 Å². The van der Waals surface area contributed by atoms with Gasteiger partial charge < -0.3 is 10.2 Å². The maximum Gasteiger partial charge on any atom is 0.238 e. The number of halogens is 1. The van der Waals surface area contributed by atoms with E-state index in [-0.39, 0.29) is 5.91 Å². The number of amides is 1. The molecule has 1 amide bonds. The van der Waals surface area contributed by atoms with Gasteiger partial charge in [-0.05, 0) is 48.9 Å². The quantitative estimate of drug-likeness (QED) is 0.805. The van der Waals surface area contributed by atoms with Crippen molar-refractivity contribution in [3.05, 3.63) is 58.6 Å². The van der Waals surface area contributed by atoms with Crippen molar-refractivity contribution in [3.63, 3.8) is 0 Å². The Hall–Kier alpha value is -2.04. The van der Waals surface area contributed by atoms with E-state index in [2.05, 4.69) is 46.3 Å². The van der Waals surface area contributed by atoms with Crippen LogP contribution in [-0.4, -0.2) is 38.0 Å². The van der Waals surface area contributed by atoms with E-state index in [4.69, 9.17) is 11.6 Å². The normalized spacial score (nSPS) is 10.8. The smallest absolute Gasteiger partial charge is 0.238 e. The number of aryl methyl sites for hydroxylation is 1. The van der Waals surface area contributed by atoms with Crippen molar-refractivity contribution in [2.45, 2.75) is 20.4 Å². The summed E-state index contributed by atoms with van der Waals surface area (Å²) in [5.41, 5.74) is 4.13. The highest BCUT2D eigenvalue weighted by atomic mass is 35.5. The summed E-state index contributed by atoms with van der Waals surface area (Å²) >= 11 is 6.01. The molecule has 5 heteroatoms. The van der Waals surface area contributed by atoms with E-state index >= 15 is 0 Å². The minimum absolute atomic E-state index is 0.0304. The number of anilines is 2. The molecule has 0 heterocycles. The predicted octanol–water partition coefficient (Wildman–Crippen LogP) is 4.18. The van der Waals surface area contributed by atoms with Crippen molar-refractivity contribution >= 4 is 28.9 Å². The average molecular weight is 360 g/mol. The molecule has 0 aromatic heterocycles. The zero-order chi connectivity index (χ0) is 18.4. The predicted molar refractivity (Wildman–Crippen MR) is 107 cm³/mol. The van der Waals surface area contributed by atoms with Crippen LogP contribution in [-0.2, 0) is 11.3 Å². The van der Waals surface area contributed by atoms with Crippen LogP contribution < -0.4 is 10.2 Å². The maximum absolute atomic E-state index is 12.4. The number of hydrogen-bond acceptors (Lipinski definition) is 3. The molecule has 0 radical (unpaired) electrons. The first-order chi connectivity index (χ1) is 11.9. The topological polar surface area (TPSA) is 35.6 Å². The fourth-order valence-corrected chi connectivity index (χ4v) is 2.73. The Morgan fingerprint density at radius 1 is 1.12 bits per heavy atom. The van der Waals surface area contributed by atoms with Crippen molar-refractivity contribution in [2.75, 3.05) is 37.4 Å². The van der Waals surface area contributed by atoms with Crippen LogP contribution in [0, 0.1) is 6.92 Å². The first-order valence-electron chi connectivity index (χ1n) is 8.43. The van der Waals surface area contributed by atoms with Gasteiger partial charge in [0.05, 0.1) is 6.54 Å². The standard InChI is InChI=1S/C20H26ClN3O/c1-5-24(13-16-7-10-18(11-8-16)23(3)4)14-20(25)22-19-12-17(21)9-6-15(19)2/h6-12H,5,13-14H2,1-4H3,(H,22,25). The maximum atomic E-state index is 12.4. The summed E-state index contributed by atoms with van der Waals surface area (Å²) in [6.45, 7) is 5.91. The minimum Gasteiger partial charge on any atom is -0.378 e. The van der Waals surface area contributed by atoms with Crippen LogP contribution in [0.15, 0.2) is 42.5 Å². The second-order valence-corrected chi connectivity index (χ2v) is 6.81. The van der Waals surface area contributed by atoms with Gasteiger partial charge in [-0.25, -0.2) is 0 Å². The number of hydrogen-bond donors (Lipinski definition) is 1. The van der Waals surface area contributed by atoms with Crippen molar-refractivity contribution in [3.8, 4) is 0 Å². The lowest BCUT2D eigenvalue weighted by atomic mass is 10.2. The molecule has 0 atom stereocenters.